The minimum atomic E-state index is -0.0671. The number of anilines is 1. The van der Waals surface area contributed by atoms with Gasteiger partial charge < -0.3 is 24.3 Å². The Hall–Kier alpha value is -3.84. The van der Waals surface area contributed by atoms with Crippen LogP contribution >= 0.6 is 12.2 Å². The van der Waals surface area contributed by atoms with E-state index in [1.807, 2.05) is 72.9 Å². The van der Waals surface area contributed by atoms with Crippen LogP contribution in [0.15, 0.2) is 91.3 Å². The number of nitrogens with one attached hydrogen (secondary N) is 1. The van der Waals surface area contributed by atoms with E-state index in [0.29, 0.717) is 5.11 Å². The zero-order valence-electron chi connectivity index (χ0n) is 18.4. The summed E-state index contributed by atoms with van der Waals surface area (Å²) in [5.41, 5.74) is 3.09. The molecule has 1 aliphatic rings. The summed E-state index contributed by atoms with van der Waals surface area (Å²) >= 11 is 5.79. The number of nitrogens with zero attached hydrogens (tertiary/aromatic N) is 3. The molecule has 0 aliphatic carbocycles. The molecule has 0 spiro atoms. The first kappa shape index (κ1) is 21.0. The summed E-state index contributed by atoms with van der Waals surface area (Å²) in [6.07, 6.45) is 3.87. The molecule has 2 aromatic carbocycles. The molecule has 0 bridgehead atoms. The lowest BCUT2D eigenvalue weighted by Gasteiger charge is -2.28. The van der Waals surface area contributed by atoms with Gasteiger partial charge in [0.2, 0.25) is 0 Å². The van der Waals surface area contributed by atoms with Gasteiger partial charge >= 0.3 is 0 Å². The molecule has 5 rings (SSSR count). The van der Waals surface area contributed by atoms with Gasteiger partial charge in [0.15, 0.2) is 5.11 Å². The monoisotopic (exact) mass is 456 g/mol. The van der Waals surface area contributed by atoms with Gasteiger partial charge in [-0.2, -0.15) is 0 Å². The highest BCUT2D eigenvalue weighted by Gasteiger charge is 2.41. The van der Waals surface area contributed by atoms with Gasteiger partial charge in [-0.3, -0.25) is 4.98 Å². The highest BCUT2D eigenvalue weighted by atomic mass is 32.1. The Kier molecular flexibility index (Phi) is 5.71. The van der Waals surface area contributed by atoms with Crippen molar-refractivity contribution in [1.29, 1.82) is 0 Å². The van der Waals surface area contributed by atoms with E-state index in [1.165, 1.54) is 0 Å². The summed E-state index contributed by atoms with van der Waals surface area (Å²) in [6.45, 7) is 0. The zero-order chi connectivity index (χ0) is 22.8. The fourth-order valence-corrected chi connectivity index (χ4v) is 4.52. The smallest absolute Gasteiger partial charge is 0.174 e. The van der Waals surface area contributed by atoms with Crippen LogP contribution in [0.4, 0.5) is 5.69 Å². The van der Waals surface area contributed by atoms with Crippen molar-refractivity contribution >= 4 is 23.0 Å². The van der Waals surface area contributed by atoms with E-state index >= 15 is 0 Å². The van der Waals surface area contributed by atoms with Gasteiger partial charge in [0.05, 0.1) is 18.8 Å². The highest BCUT2D eigenvalue weighted by molar-refractivity contribution is 7.80. The molecule has 0 unspecified atom stereocenters. The molecule has 4 aromatic rings. The number of hydrogen-bond donors (Lipinski definition) is 1. The molecule has 2 atom stereocenters. The van der Waals surface area contributed by atoms with Crippen LogP contribution in [-0.4, -0.2) is 21.8 Å². The number of rotatable bonds is 6. The molecule has 1 N–H and O–H groups in total. The maximum Gasteiger partial charge on any atom is 0.174 e. The molecular formula is C26H24N4O2S. The molecule has 0 amide bonds. The van der Waals surface area contributed by atoms with E-state index in [1.54, 1.807) is 7.11 Å². The summed E-state index contributed by atoms with van der Waals surface area (Å²) < 4.78 is 13.3. The lowest BCUT2D eigenvalue weighted by molar-refractivity contribution is 0.413. The third-order valence-corrected chi connectivity index (χ3v) is 6.11. The summed E-state index contributed by atoms with van der Waals surface area (Å²) in [7, 11) is 3.70. The zero-order valence-corrected chi connectivity index (χ0v) is 19.2. The molecule has 0 saturated carbocycles. The Bertz CT molecular complexity index is 1240. The standard InChI is InChI=1S/C26H24N4O2S/c1-29-17-5-7-23(29)25-24(22-6-3-4-16-27-22)28-26(33)30(25)18-8-10-20(11-9-18)32-21-14-12-19(31-2)13-15-21/h3-17,24-25H,1-2H3,(H,28,33)/t24-,25+/m0/s1. The third-order valence-electron chi connectivity index (χ3n) is 5.80. The van der Waals surface area contributed by atoms with Crippen LogP contribution < -0.4 is 19.7 Å². The van der Waals surface area contributed by atoms with E-state index in [4.69, 9.17) is 21.7 Å². The Morgan fingerprint density at radius 1 is 0.879 bits per heavy atom. The van der Waals surface area contributed by atoms with Crippen molar-refractivity contribution in [2.24, 2.45) is 7.05 Å². The number of pyridine rings is 1. The SMILES string of the molecule is COc1ccc(Oc2ccc(N3C(=S)N[C@@H](c4ccccn4)[C@H]3c3cccn3C)cc2)cc1. The number of aromatic nitrogens is 2. The summed E-state index contributed by atoms with van der Waals surface area (Å²) in [4.78, 5) is 6.75. The molecule has 2 aromatic heterocycles. The lowest BCUT2D eigenvalue weighted by atomic mass is 10.0. The molecule has 33 heavy (non-hydrogen) atoms. The fourth-order valence-electron chi connectivity index (χ4n) is 4.17. The second kappa shape index (κ2) is 8.96. The van der Waals surface area contributed by atoms with E-state index in [9.17, 15) is 0 Å². The van der Waals surface area contributed by atoms with Gasteiger partial charge in [-0.15, -0.1) is 0 Å². The van der Waals surface area contributed by atoms with Gasteiger partial charge in [-0.25, -0.2) is 0 Å². The van der Waals surface area contributed by atoms with Crippen LogP contribution in [0.2, 0.25) is 0 Å². The molecule has 1 saturated heterocycles. The first-order valence-corrected chi connectivity index (χ1v) is 11.1. The first-order valence-electron chi connectivity index (χ1n) is 10.7. The number of methoxy groups -OCH3 is 1. The number of thiocarbonyl (C=S) groups is 1. The molecule has 1 aliphatic heterocycles. The average molecular weight is 457 g/mol. The van der Waals surface area contributed by atoms with Gasteiger partial charge in [0, 0.05) is 30.8 Å². The van der Waals surface area contributed by atoms with Crippen molar-refractivity contribution in [2.45, 2.75) is 12.1 Å². The summed E-state index contributed by atoms with van der Waals surface area (Å²) in [5.74, 6) is 2.29. The van der Waals surface area contributed by atoms with E-state index < -0.39 is 0 Å². The largest absolute Gasteiger partial charge is 0.497 e. The van der Waals surface area contributed by atoms with Crippen LogP contribution in [0.3, 0.4) is 0 Å². The Morgan fingerprint density at radius 2 is 1.58 bits per heavy atom. The van der Waals surface area contributed by atoms with Crippen molar-refractivity contribution in [3.63, 3.8) is 0 Å². The van der Waals surface area contributed by atoms with Crippen LogP contribution in [0.5, 0.6) is 17.2 Å². The molecule has 166 valence electrons. The van der Waals surface area contributed by atoms with E-state index in [-0.39, 0.29) is 12.1 Å². The number of hydrogen-bond acceptors (Lipinski definition) is 4. The maximum atomic E-state index is 5.99. The third kappa shape index (κ3) is 4.15. The minimum Gasteiger partial charge on any atom is -0.497 e. The van der Waals surface area contributed by atoms with Crippen molar-refractivity contribution in [2.75, 3.05) is 12.0 Å². The average Bonchev–Trinajstić information content (AvgIpc) is 3.43. The molecular weight excluding hydrogens is 432 g/mol. The number of ether oxygens (including phenoxy) is 2. The molecule has 3 heterocycles. The molecule has 0 radical (unpaired) electrons. The predicted molar refractivity (Wildman–Crippen MR) is 133 cm³/mol. The fraction of sp³-hybridized carbons (Fsp3) is 0.154. The van der Waals surface area contributed by atoms with Crippen LogP contribution in [0.25, 0.3) is 0 Å². The Balaban J connectivity index is 1.45. The van der Waals surface area contributed by atoms with Gasteiger partial charge in [-0.1, -0.05) is 6.07 Å². The van der Waals surface area contributed by atoms with Crippen LogP contribution in [0.1, 0.15) is 23.5 Å². The number of benzene rings is 2. The lowest BCUT2D eigenvalue weighted by Crippen LogP contribution is -2.30. The second-order valence-corrected chi connectivity index (χ2v) is 8.20. The van der Waals surface area contributed by atoms with Crippen molar-refractivity contribution in [3.05, 3.63) is 103 Å². The van der Waals surface area contributed by atoms with Crippen molar-refractivity contribution in [1.82, 2.24) is 14.9 Å². The topological polar surface area (TPSA) is 51.6 Å². The predicted octanol–water partition coefficient (Wildman–Crippen LogP) is 5.40. The Labute approximate surface area is 198 Å². The van der Waals surface area contributed by atoms with E-state index in [0.717, 1.165) is 34.3 Å². The van der Waals surface area contributed by atoms with Crippen LogP contribution in [-0.2, 0) is 7.05 Å². The molecule has 6 nitrogen and oxygen atoms in total. The maximum absolute atomic E-state index is 5.99. The highest BCUT2D eigenvalue weighted by Crippen LogP contribution is 2.41. The summed E-state index contributed by atoms with van der Waals surface area (Å²) in [6, 6.07) is 25.5. The second-order valence-electron chi connectivity index (χ2n) is 7.81. The summed E-state index contributed by atoms with van der Waals surface area (Å²) in [5, 5.41) is 4.16. The van der Waals surface area contributed by atoms with Crippen molar-refractivity contribution in [3.8, 4) is 17.2 Å². The molecule has 7 heteroatoms. The molecule has 1 fully saturated rings. The quantitative estimate of drug-likeness (QED) is 0.392. The Morgan fingerprint density at radius 3 is 2.18 bits per heavy atom. The van der Waals surface area contributed by atoms with Gasteiger partial charge in [-0.05, 0) is 85.0 Å². The van der Waals surface area contributed by atoms with Gasteiger partial charge in [0.25, 0.3) is 0 Å². The minimum absolute atomic E-state index is 0.0410. The number of aryl methyl sites for hydroxylation is 1. The van der Waals surface area contributed by atoms with Gasteiger partial charge in [0.1, 0.15) is 23.3 Å². The van der Waals surface area contributed by atoms with Crippen molar-refractivity contribution < 1.29 is 9.47 Å². The first-order chi connectivity index (χ1) is 16.1. The van der Waals surface area contributed by atoms with E-state index in [2.05, 4.69) is 45.1 Å². The normalized spacial score (nSPS) is 17.6. The van der Waals surface area contributed by atoms with Crippen LogP contribution in [0, 0.1) is 0 Å².